The lowest BCUT2D eigenvalue weighted by Gasteiger charge is -2.18. The van der Waals surface area contributed by atoms with Gasteiger partial charge in [0.2, 0.25) is 0 Å². The summed E-state index contributed by atoms with van der Waals surface area (Å²) in [5.41, 5.74) is 2.04. The van der Waals surface area contributed by atoms with Gasteiger partial charge in [-0.3, -0.25) is 9.69 Å². The van der Waals surface area contributed by atoms with Crippen molar-refractivity contribution < 1.29 is 18.3 Å². The van der Waals surface area contributed by atoms with Crippen LogP contribution in [0.2, 0.25) is 0 Å². The number of carbonyl (C=O) groups is 1. The first-order chi connectivity index (χ1) is 14.0. The highest BCUT2D eigenvalue weighted by Gasteiger charge is 2.32. The number of nitrogens with zero attached hydrogens (tertiary/aromatic N) is 2. The summed E-state index contributed by atoms with van der Waals surface area (Å²) in [6, 6.07) is 18.5. The second kappa shape index (κ2) is 7.67. The molecule has 3 aromatic carbocycles. The van der Waals surface area contributed by atoms with Crippen molar-refractivity contribution in [2.24, 2.45) is 4.99 Å². The summed E-state index contributed by atoms with van der Waals surface area (Å²) in [5.74, 6) is -0.0351. The highest BCUT2D eigenvalue weighted by Crippen LogP contribution is 2.29. The Morgan fingerprint density at radius 3 is 2.03 bits per heavy atom. The Morgan fingerprint density at radius 2 is 1.45 bits per heavy atom. The van der Waals surface area contributed by atoms with Crippen LogP contribution in [-0.2, 0) is 4.79 Å². The molecule has 29 heavy (non-hydrogen) atoms. The molecule has 1 amide bonds. The van der Waals surface area contributed by atoms with E-state index in [0.29, 0.717) is 28.4 Å². The van der Waals surface area contributed by atoms with Crippen molar-refractivity contribution in [3.63, 3.8) is 0 Å². The molecule has 4 rings (SSSR count). The van der Waals surface area contributed by atoms with Crippen LogP contribution in [0.4, 0.5) is 14.5 Å². The summed E-state index contributed by atoms with van der Waals surface area (Å²) in [6.07, 6.45) is 1.59. The first-order valence-electron chi connectivity index (χ1n) is 8.85. The number of methoxy groups -OCH3 is 1. The zero-order valence-corrected chi connectivity index (χ0v) is 15.5. The number of ether oxygens (including phenoxy) is 1. The van der Waals surface area contributed by atoms with E-state index >= 15 is 0 Å². The number of amides is 1. The Labute approximate surface area is 166 Å². The fraction of sp³-hybridized carbons (Fsp3) is 0.0435. The lowest BCUT2D eigenvalue weighted by atomic mass is 10.1. The van der Waals surface area contributed by atoms with Crippen LogP contribution in [0.25, 0.3) is 6.08 Å². The fourth-order valence-electron chi connectivity index (χ4n) is 3.00. The van der Waals surface area contributed by atoms with Crippen LogP contribution in [0.3, 0.4) is 0 Å². The zero-order valence-electron chi connectivity index (χ0n) is 15.5. The predicted molar refractivity (Wildman–Crippen MR) is 108 cm³/mol. The Bertz CT molecular complexity index is 1100. The topological polar surface area (TPSA) is 41.9 Å². The molecule has 0 bridgehead atoms. The summed E-state index contributed by atoms with van der Waals surface area (Å²) < 4.78 is 31.7. The van der Waals surface area contributed by atoms with Crippen molar-refractivity contribution in [3.8, 4) is 5.75 Å². The van der Waals surface area contributed by atoms with E-state index in [1.165, 1.54) is 29.2 Å². The van der Waals surface area contributed by atoms with E-state index in [9.17, 15) is 13.6 Å². The third kappa shape index (κ3) is 3.78. The van der Waals surface area contributed by atoms with E-state index in [-0.39, 0.29) is 23.2 Å². The number of rotatable bonds is 4. The monoisotopic (exact) mass is 390 g/mol. The van der Waals surface area contributed by atoms with Crippen molar-refractivity contribution >= 4 is 23.5 Å². The van der Waals surface area contributed by atoms with Gasteiger partial charge in [-0.15, -0.1) is 0 Å². The summed E-state index contributed by atoms with van der Waals surface area (Å²) >= 11 is 0. The molecule has 0 atom stereocenters. The van der Waals surface area contributed by atoms with Gasteiger partial charge >= 0.3 is 0 Å². The van der Waals surface area contributed by atoms with Gasteiger partial charge in [0, 0.05) is 5.56 Å². The van der Waals surface area contributed by atoms with Gasteiger partial charge in [0.25, 0.3) is 5.91 Å². The molecule has 6 heteroatoms. The maximum Gasteiger partial charge on any atom is 0.282 e. The van der Waals surface area contributed by atoms with Crippen molar-refractivity contribution in [1.82, 2.24) is 0 Å². The quantitative estimate of drug-likeness (QED) is 0.600. The number of hydrogen-bond acceptors (Lipinski definition) is 3. The van der Waals surface area contributed by atoms with Crippen LogP contribution in [0.5, 0.6) is 5.75 Å². The van der Waals surface area contributed by atoms with Gasteiger partial charge in [0.15, 0.2) is 0 Å². The zero-order chi connectivity index (χ0) is 20.4. The third-order valence-corrected chi connectivity index (χ3v) is 4.47. The van der Waals surface area contributed by atoms with Gasteiger partial charge in [-0.05, 0) is 72.3 Å². The molecule has 3 aromatic rings. The average molecular weight is 390 g/mol. The average Bonchev–Trinajstić information content (AvgIpc) is 3.06. The number of hydrogen-bond donors (Lipinski definition) is 0. The van der Waals surface area contributed by atoms with Crippen LogP contribution in [0, 0.1) is 11.6 Å². The van der Waals surface area contributed by atoms with Gasteiger partial charge < -0.3 is 4.74 Å². The molecule has 0 unspecified atom stereocenters. The lowest BCUT2D eigenvalue weighted by molar-refractivity contribution is -0.113. The number of amidine groups is 1. The van der Waals surface area contributed by atoms with Gasteiger partial charge in [-0.1, -0.05) is 12.1 Å². The van der Waals surface area contributed by atoms with Crippen LogP contribution in [0.15, 0.2) is 83.5 Å². The predicted octanol–water partition coefficient (Wildman–Crippen LogP) is 4.81. The first-order valence-corrected chi connectivity index (χ1v) is 8.85. The number of carbonyl (C=O) groups excluding carboxylic acids is 1. The van der Waals surface area contributed by atoms with Crippen molar-refractivity contribution in [2.45, 2.75) is 0 Å². The van der Waals surface area contributed by atoms with E-state index in [0.717, 1.165) is 0 Å². The number of anilines is 1. The van der Waals surface area contributed by atoms with E-state index < -0.39 is 0 Å². The molecule has 4 nitrogen and oxygen atoms in total. The maximum absolute atomic E-state index is 13.4. The van der Waals surface area contributed by atoms with Crippen molar-refractivity contribution in [3.05, 3.63) is 101 Å². The lowest BCUT2D eigenvalue weighted by Crippen LogP contribution is -2.32. The van der Waals surface area contributed by atoms with Crippen LogP contribution in [0.1, 0.15) is 11.1 Å². The van der Waals surface area contributed by atoms with Crippen molar-refractivity contribution in [1.29, 1.82) is 0 Å². The second-order valence-electron chi connectivity index (χ2n) is 6.36. The summed E-state index contributed by atoms with van der Waals surface area (Å²) in [4.78, 5) is 19.1. The minimum Gasteiger partial charge on any atom is -0.497 e. The normalized spacial score (nSPS) is 15.0. The van der Waals surface area contributed by atoms with E-state index in [1.807, 2.05) is 0 Å². The molecule has 1 aliphatic rings. The highest BCUT2D eigenvalue weighted by atomic mass is 19.1. The minimum absolute atomic E-state index is 0.201. The minimum atomic E-state index is -0.378. The Kier molecular flexibility index (Phi) is 4.91. The molecule has 0 fully saturated rings. The number of aliphatic imine (C=N–C) groups is 1. The van der Waals surface area contributed by atoms with Gasteiger partial charge in [-0.25, -0.2) is 13.8 Å². The Hall–Kier alpha value is -3.80. The van der Waals surface area contributed by atoms with Crippen LogP contribution >= 0.6 is 0 Å². The highest BCUT2D eigenvalue weighted by molar-refractivity contribution is 6.33. The molecule has 0 radical (unpaired) electrons. The molecular formula is C23H16F2N2O2. The molecule has 0 spiro atoms. The maximum atomic E-state index is 13.4. The molecule has 0 saturated carbocycles. The molecule has 0 N–H and O–H groups in total. The Balaban J connectivity index is 1.79. The summed E-state index contributed by atoms with van der Waals surface area (Å²) in [6.45, 7) is 0. The van der Waals surface area contributed by atoms with Crippen LogP contribution in [-0.4, -0.2) is 18.9 Å². The third-order valence-electron chi connectivity index (χ3n) is 4.47. The number of benzene rings is 3. The molecule has 144 valence electrons. The molecule has 0 aromatic heterocycles. The molecule has 1 aliphatic heterocycles. The standard InChI is InChI=1S/C23H16F2N2O2/c1-29-20-12-10-19(11-13-20)27-22(16-4-8-18(25)9-5-16)26-21(23(27)28)14-15-2-6-17(24)7-3-15/h2-14H,1H3/b21-14+. The fourth-order valence-corrected chi connectivity index (χ4v) is 3.00. The first kappa shape index (κ1) is 18.6. The SMILES string of the molecule is COc1ccc(N2C(=O)/C(=C\c3ccc(F)cc3)N=C2c2ccc(F)cc2)cc1. The smallest absolute Gasteiger partial charge is 0.282 e. The Morgan fingerprint density at radius 1 is 0.862 bits per heavy atom. The molecule has 0 aliphatic carbocycles. The van der Waals surface area contributed by atoms with E-state index in [2.05, 4.69) is 4.99 Å². The molecule has 1 heterocycles. The van der Waals surface area contributed by atoms with Crippen molar-refractivity contribution in [2.75, 3.05) is 12.0 Å². The van der Waals surface area contributed by atoms with Gasteiger partial charge in [0.1, 0.15) is 28.9 Å². The van der Waals surface area contributed by atoms with Gasteiger partial charge in [-0.2, -0.15) is 0 Å². The van der Waals surface area contributed by atoms with Gasteiger partial charge in [0.05, 0.1) is 12.8 Å². The van der Waals surface area contributed by atoms with E-state index in [4.69, 9.17) is 4.74 Å². The summed E-state index contributed by atoms with van der Waals surface area (Å²) in [5, 5.41) is 0. The van der Waals surface area contributed by atoms with Crippen LogP contribution < -0.4 is 9.64 Å². The molecular weight excluding hydrogens is 374 g/mol. The second-order valence-corrected chi connectivity index (χ2v) is 6.36. The largest absolute Gasteiger partial charge is 0.497 e. The van der Waals surface area contributed by atoms with E-state index in [1.54, 1.807) is 61.7 Å². The summed E-state index contributed by atoms with van der Waals surface area (Å²) in [7, 11) is 1.56. The number of halogens is 2. The molecule has 0 saturated heterocycles.